The number of rotatable bonds is 8. The smallest absolute Gasteiger partial charge is 0.220 e. The molecule has 1 aromatic carbocycles. The molecule has 7 heteroatoms. The molecule has 128 valence electrons. The molecule has 1 aromatic heterocycles. The fourth-order valence-electron chi connectivity index (χ4n) is 2.12. The maximum atomic E-state index is 11.8. The molecule has 1 amide bonds. The number of amides is 1. The highest BCUT2D eigenvalue weighted by atomic mass is 35.5. The number of halogens is 1. The molecular formula is C17H22ClN5O. The zero-order chi connectivity index (χ0) is 17.4. The first kappa shape index (κ1) is 18.0. The molecule has 0 unspecified atom stereocenters. The average Bonchev–Trinajstić information content (AvgIpc) is 2.57. The van der Waals surface area contributed by atoms with Crippen molar-refractivity contribution in [2.75, 3.05) is 37.4 Å². The predicted molar refractivity (Wildman–Crippen MR) is 97.6 cm³/mol. The molecule has 0 radical (unpaired) electrons. The SMILES string of the molecule is CN(C)c1cnnc(NCCNC(=O)CCc2cccc(Cl)c2)c1. The molecule has 2 rings (SSSR count). The van der Waals surface area contributed by atoms with Crippen LogP contribution >= 0.6 is 11.6 Å². The van der Waals surface area contributed by atoms with Crippen LogP contribution in [0, 0.1) is 0 Å². The second kappa shape index (κ2) is 9.08. The number of nitrogens with one attached hydrogen (secondary N) is 2. The van der Waals surface area contributed by atoms with Gasteiger partial charge in [-0.25, -0.2) is 0 Å². The van der Waals surface area contributed by atoms with Crippen LogP contribution in [0.1, 0.15) is 12.0 Å². The molecule has 0 spiro atoms. The lowest BCUT2D eigenvalue weighted by Crippen LogP contribution is -2.29. The molecule has 24 heavy (non-hydrogen) atoms. The van der Waals surface area contributed by atoms with Gasteiger partial charge in [0, 0.05) is 44.7 Å². The van der Waals surface area contributed by atoms with Gasteiger partial charge in [-0.15, -0.1) is 5.10 Å². The normalized spacial score (nSPS) is 10.3. The van der Waals surface area contributed by atoms with E-state index in [-0.39, 0.29) is 5.91 Å². The van der Waals surface area contributed by atoms with Gasteiger partial charge >= 0.3 is 0 Å². The van der Waals surface area contributed by atoms with Gasteiger partial charge in [-0.2, -0.15) is 5.10 Å². The first-order valence-corrected chi connectivity index (χ1v) is 8.17. The minimum Gasteiger partial charge on any atom is -0.376 e. The quantitative estimate of drug-likeness (QED) is 0.717. The van der Waals surface area contributed by atoms with Crippen molar-refractivity contribution in [3.8, 4) is 0 Å². The lowest BCUT2D eigenvalue weighted by molar-refractivity contribution is -0.120. The lowest BCUT2D eigenvalue weighted by atomic mass is 10.1. The Morgan fingerprint density at radius 3 is 2.83 bits per heavy atom. The van der Waals surface area contributed by atoms with E-state index in [4.69, 9.17) is 11.6 Å². The second-order valence-corrected chi connectivity index (χ2v) is 6.04. The van der Waals surface area contributed by atoms with E-state index in [1.165, 1.54) is 0 Å². The van der Waals surface area contributed by atoms with E-state index in [0.717, 1.165) is 11.3 Å². The van der Waals surface area contributed by atoms with Crippen LogP contribution in [-0.2, 0) is 11.2 Å². The number of hydrogen-bond acceptors (Lipinski definition) is 5. The number of carbonyl (C=O) groups excluding carboxylic acids is 1. The van der Waals surface area contributed by atoms with Crippen molar-refractivity contribution in [3.63, 3.8) is 0 Å². The molecule has 0 aliphatic rings. The molecule has 6 nitrogen and oxygen atoms in total. The van der Waals surface area contributed by atoms with E-state index in [2.05, 4.69) is 20.8 Å². The molecule has 0 aliphatic heterocycles. The summed E-state index contributed by atoms with van der Waals surface area (Å²) in [5.74, 6) is 0.708. The Hall–Kier alpha value is -2.34. The topological polar surface area (TPSA) is 70.2 Å². The Kier molecular flexibility index (Phi) is 6.81. The highest BCUT2D eigenvalue weighted by Crippen LogP contribution is 2.13. The number of carbonyl (C=O) groups is 1. The third kappa shape index (κ3) is 6.04. The van der Waals surface area contributed by atoms with Gasteiger partial charge in [-0.05, 0) is 24.1 Å². The largest absolute Gasteiger partial charge is 0.376 e. The Labute approximate surface area is 147 Å². The van der Waals surface area contributed by atoms with Crippen molar-refractivity contribution in [1.82, 2.24) is 15.5 Å². The van der Waals surface area contributed by atoms with Crippen LogP contribution in [0.2, 0.25) is 5.02 Å². The minimum atomic E-state index is 0.0184. The van der Waals surface area contributed by atoms with E-state index >= 15 is 0 Å². The average molecular weight is 348 g/mol. The fourth-order valence-corrected chi connectivity index (χ4v) is 2.33. The molecule has 0 atom stereocenters. The summed E-state index contributed by atoms with van der Waals surface area (Å²) >= 11 is 5.93. The number of aromatic nitrogens is 2. The van der Waals surface area contributed by atoms with E-state index in [1.54, 1.807) is 6.20 Å². The number of hydrogen-bond donors (Lipinski definition) is 2. The van der Waals surface area contributed by atoms with Crippen molar-refractivity contribution in [2.45, 2.75) is 12.8 Å². The highest BCUT2D eigenvalue weighted by molar-refractivity contribution is 6.30. The van der Waals surface area contributed by atoms with Crippen LogP contribution in [0.15, 0.2) is 36.5 Å². The molecule has 2 N–H and O–H groups in total. The summed E-state index contributed by atoms with van der Waals surface area (Å²) in [5, 5.41) is 14.7. The summed E-state index contributed by atoms with van der Waals surface area (Å²) in [5.41, 5.74) is 2.03. The summed E-state index contributed by atoms with van der Waals surface area (Å²) in [6.45, 7) is 1.12. The van der Waals surface area contributed by atoms with Gasteiger partial charge < -0.3 is 15.5 Å². The van der Waals surface area contributed by atoms with Crippen LogP contribution in [0.25, 0.3) is 0 Å². The standard InChI is InChI=1S/C17H22ClN5O/c1-23(2)15-11-16(22-21-12-15)19-8-9-20-17(24)7-6-13-4-3-5-14(18)10-13/h3-5,10-12H,6-9H2,1-2H3,(H,19,22)(H,20,24). The van der Waals surface area contributed by atoms with Crippen molar-refractivity contribution in [1.29, 1.82) is 0 Å². The van der Waals surface area contributed by atoms with Gasteiger partial charge in [0.25, 0.3) is 0 Å². The zero-order valence-electron chi connectivity index (χ0n) is 13.9. The van der Waals surface area contributed by atoms with Gasteiger partial charge in [0.05, 0.1) is 11.9 Å². The summed E-state index contributed by atoms with van der Waals surface area (Å²) < 4.78 is 0. The molecule has 0 saturated carbocycles. The third-order valence-electron chi connectivity index (χ3n) is 3.44. The lowest BCUT2D eigenvalue weighted by Gasteiger charge is -2.13. The Bertz CT molecular complexity index is 678. The second-order valence-electron chi connectivity index (χ2n) is 5.60. The third-order valence-corrected chi connectivity index (χ3v) is 3.67. The van der Waals surface area contributed by atoms with Crippen molar-refractivity contribution in [2.24, 2.45) is 0 Å². The van der Waals surface area contributed by atoms with Crippen molar-refractivity contribution >= 4 is 29.0 Å². The van der Waals surface area contributed by atoms with Crippen LogP contribution in [0.5, 0.6) is 0 Å². The van der Waals surface area contributed by atoms with Crippen LogP contribution in [0.3, 0.4) is 0 Å². The number of benzene rings is 1. The first-order valence-electron chi connectivity index (χ1n) is 7.79. The van der Waals surface area contributed by atoms with Crippen molar-refractivity contribution < 1.29 is 4.79 Å². The number of aryl methyl sites for hydroxylation is 1. The zero-order valence-corrected chi connectivity index (χ0v) is 14.7. The number of anilines is 2. The maximum Gasteiger partial charge on any atom is 0.220 e. The van der Waals surface area contributed by atoms with Gasteiger partial charge in [0.2, 0.25) is 5.91 Å². The first-order chi connectivity index (χ1) is 11.5. The number of nitrogens with zero attached hydrogens (tertiary/aromatic N) is 3. The molecule has 0 saturated heterocycles. The van der Waals surface area contributed by atoms with Gasteiger partial charge in [0.1, 0.15) is 0 Å². The predicted octanol–water partition coefficient (Wildman–Crippen LogP) is 2.36. The van der Waals surface area contributed by atoms with Gasteiger partial charge in [-0.3, -0.25) is 4.79 Å². The van der Waals surface area contributed by atoms with Crippen molar-refractivity contribution in [3.05, 3.63) is 47.1 Å². The molecule has 0 aliphatic carbocycles. The maximum absolute atomic E-state index is 11.8. The van der Waals surface area contributed by atoms with E-state index < -0.39 is 0 Å². The Morgan fingerprint density at radius 1 is 1.25 bits per heavy atom. The Balaban J connectivity index is 1.66. The van der Waals surface area contributed by atoms with Gasteiger partial charge in [0.15, 0.2) is 5.82 Å². The highest BCUT2D eigenvalue weighted by Gasteiger charge is 2.03. The molecule has 0 fully saturated rings. The molecule has 2 aromatic rings. The Morgan fingerprint density at radius 2 is 2.08 bits per heavy atom. The minimum absolute atomic E-state index is 0.0184. The van der Waals surface area contributed by atoms with Gasteiger partial charge in [-0.1, -0.05) is 23.7 Å². The van der Waals surface area contributed by atoms with Crippen LogP contribution in [-0.4, -0.2) is 43.3 Å². The van der Waals surface area contributed by atoms with E-state index in [0.29, 0.717) is 36.8 Å². The monoisotopic (exact) mass is 347 g/mol. The van der Waals surface area contributed by atoms with E-state index in [9.17, 15) is 4.79 Å². The summed E-state index contributed by atoms with van der Waals surface area (Å²) in [4.78, 5) is 13.8. The molecule has 1 heterocycles. The van der Waals surface area contributed by atoms with Crippen LogP contribution < -0.4 is 15.5 Å². The summed E-state index contributed by atoms with van der Waals surface area (Å²) in [7, 11) is 3.89. The summed E-state index contributed by atoms with van der Waals surface area (Å²) in [6, 6.07) is 9.48. The summed E-state index contributed by atoms with van der Waals surface area (Å²) in [6.07, 6.45) is 2.81. The fraction of sp³-hybridized carbons (Fsp3) is 0.353. The van der Waals surface area contributed by atoms with E-state index in [1.807, 2.05) is 49.3 Å². The molecular weight excluding hydrogens is 326 g/mol. The van der Waals surface area contributed by atoms with Crippen LogP contribution in [0.4, 0.5) is 11.5 Å². The molecule has 0 bridgehead atoms.